The maximum absolute atomic E-state index is 13.9. The molecule has 0 bridgehead atoms. The van der Waals surface area contributed by atoms with Crippen LogP contribution >= 0.6 is 0 Å². The molecule has 1 amide bonds. The van der Waals surface area contributed by atoms with Crippen molar-refractivity contribution in [3.8, 4) is 11.5 Å². The number of aliphatic hydroxyl groups is 3. The average Bonchev–Trinajstić information content (AvgIpc) is 3.36. The molecule has 0 radical (unpaired) electrons. The van der Waals surface area contributed by atoms with Crippen molar-refractivity contribution in [1.82, 2.24) is 4.90 Å². The van der Waals surface area contributed by atoms with Crippen LogP contribution < -0.4 is 21.9 Å². The SMILES string of the molecule is CCN1CCC[C@H]1c1cc(O)c2c(c1OC)C[C@H]1C[C@H]3[C@H](N=C(N)N)C(=O)C(C(N)=O)=C(O)[C@@]3(O)C(=O)C1=C2O. The lowest BCUT2D eigenvalue weighted by molar-refractivity contribution is -0.149. The molecule has 40 heavy (non-hydrogen) atoms. The number of rotatable bonds is 5. The Morgan fingerprint density at radius 2 is 1.93 bits per heavy atom. The summed E-state index contributed by atoms with van der Waals surface area (Å²) in [5.41, 5.74) is 13.5. The Bertz CT molecular complexity index is 1430. The Balaban J connectivity index is 1.72. The zero-order valence-electron chi connectivity index (χ0n) is 22.2. The van der Waals surface area contributed by atoms with Gasteiger partial charge in [0.1, 0.15) is 34.6 Å². The van der Waals surface area contributed by atoms with Crippen molar-refractivity contribution >= 4 is 29.2 Å². The van der Waals surface area contributed by atoms with E-state index in [-0.39, 0.29) is 35.8 Å². The van der Waals surface area contributed by atoms with Crippen LogP contribution in [0.25, 0.3) is 5.76 Å². The number of methoxy groups -OCH3 is 1. The van der Waals surface area contributed by atoms with E-state index in [2.05, 4.69) is 9.89 Å². The number of benzene rings is 1. The summed E-state index contributed by atoms with van der Waals surface area (Å²) < 4.78 is 5.82. The Labute approximate surface area is 229 Å². The summed E-state index contributed by atoms with van der Waals surface area (Å²) in [6, 6.07) is -0.0894. The fraction of sp³-hybridized carbons (Fsp3) is 0.481. The van der Waals surface area contributed by atoms with Crippen LogP contribution in [0.4, 0.5) is 0 Å². The number of phenols is 1. The minimum absolute atomic E-state index is 0.0155. The Morgan fingerprint density at radius 1 is 1.23 bits per heavy atom. The van der Waals surface area contributed by atoms with Crippen molar-refractivity contribution in [1.29, 1.82) is 0 Å². The van der Waals surface area contributed by atoms with Crippen molar-refractivity contribution in [3.05, 3.63) is 39.7 Å². The number of carbonyl (C=O) groups excluding carboxylic acids is 3. The van der Waals surface area contributed by atoms with Gasteiger partial charge < -0.3 is 42.4 Å². The number of aliphatic imine (C=N–C) groups is 1. The van der Waals surface area contributed by atoms with E-state index < -0.39 is 64.0 Å². The summed E-state index contributed by atoms with van der Waals surface area (Å²) in [6.07, 6.45) is 1.79. The van der Waals surface area contributed by atoms with Gasteiger partial charge in [-0.1, -0.05) is 6.92 Å². The van der Waals surface area contributed by atoms with Gasteiger partial charge in [0.25, 0.3) is 5.91 Å². The number of fused-ring (bicyclic) bond motifs is 3. The molecule has 0 spiro atoms. The predicted octanol–water partition coefficient (Wildman–Crippen LogP) is -0.159. The van der Waals surface area contributed by atoms with Crippen molar-refractivity contribution < 1.29 is 39.5 Å². The summed E-state index contributed by atoms with van der Waals surface area (Å²) in [5, 5.41) is 45.1. The Kier molecular flexibility index (Phi) is 6.54. The van der Waals surface area contributed by atoms with E-state index in [4.69, 9.17) is 21.9 Å². The van der Waals surface area contributed by atoms with Crippen LogP contribution in [0.5, 0.6) is 11.5 Å². The minimum Gasteiger partial charge on any atom is -0.508 e. The molecule has 1 aromatic carbocycles. The standard InChI is InChI=1S/C27H33N5O8/c1-3-32-6-4-5-14(32)11-9-15(33)17-12(22(11)40-2)7-10-8-13-19(31-26(29)30)21(35)18(25(28)38)24(37)27(13,39)23(36)16(10)20(17)34/h9-10,13-14,19,33-34,37,39H,3-8H2,1-2H3,(H2,28,38)(H4,29,30,31)/t10-,13-,14-,19-,27-/m0/s1. The molecule has 1 aromatic rings. The van der Waals surface area contributed by atoms with E-state index in [0.717, 1.165) is 31.5 Å². The third-order valence-corrected chi connectivity index (χ3v) is 8.76. The summed E-state index contributed by atoms with van der Waals surface area (Å²) >= 11 is 0. The number of aliphatic hydroxyl groups excluding tert-OH is 2. The zero-order chi connectivity index (χ0) is 29.3. The molecule has 1 saturated heterocycles. The van der Waals surface area contributed by atoms with Crippen molar-refractivity contribution in [2.75, 3.05) is 20.2 Å². The van der Waals surface area contributed by atoms with Crippen molar-refractivity contribution in [2.24, 2.45) is 34.0 Å². The Morgan fingerprint density at radius 3 is 2.52 bits per heavy atom. The minimum atomic E-state index is -2.83. The molecule has 0 unspecified atom stereocenters. The molecule has 2 fully saturated rings. The largest absolute Gasteiger partial charge is 0.508 e. The third kappa shape index (κ3) is 3.68. The number of Topliss-reactive ketones (excluding diaryl/α,β-unsaturated/α-hetero) is 2. The molecule has 3 aliphatic carbocycles. The van der Waals surface area contributed by atoms with Crippen molar-refractivity contribution in [2.45, 2.75) is 50.3 Å². The molecule has 5 atom stereocenters. The fourth-order valence-corrected chi connectivity index (χ4v) is 7.08. The maximum atomic E-state index is 13.9. The second-order valence-corrected chi connectivity index (χ2v) is 10.7. The second kappa shape index (κ2) is 9.52. The molecule has 0 aromatic heterocycles. The van der Waals surface area contributed by atoms with E-state index in [0.29, 0.717) is 11.3 Å². The first kappa shape index (κ1) is 27.5. The number of hydrogen-bond acceptors (Lipinski definition) is 10. The molecular weight excluding hydrogens is 522 g/mol. The highest BCUT2D eigenvalue weighted by molar-refractivity contribution is 6.24. The number of carbonyl (C=O) groups is 3. The van der Waals surface area contributed by atoms with Gasteiger partial charge in [-0.3, -0.25) is 19.3 Å². The van der Waals surface area contributed by atoms with Crippen LogP contribution in [-0.4, -0.2) is 80.6 Å². The smallest absolute Gasteiger partial charge is 0.255 e. The average molecular weight is 556 g/mol. The number of hydrogen-bond donors (Lipinski definition) is 7. The molecule has 1 saturated carbocycles. The lowest BCUT2D eigenvalue weighted by Crippen LogP contribution is -2.63. The van der Waals surface area contributed by atoms with Gasteiger partial charge in [0.2, 0.25) is 5.78 Å². The van der Waals surface area contributed by atoms with Crippen LogP contribution in [0, 0.1) is 11.8 Å². The normalized spacial score (nSPS) is 30.1. The quantitative estimate of drug-likeness (QED) is 0.143. The monoisotopic (exact) mass is 555 g/mol. The van der Waals surface area contributed by atoms with Crippen molar-refractivity contribution in [3.63, 3.8) is 0 Å². The van der Waals surface area contributed by atoms with Gasteiger partial charge in [-0.15, -0.1) is 0 Å². The molecule has 13 nitrogen and oxygen atoms in total. The first-order chi connectivity index (χ1) is 18.9. The number of amides is 1. The molecule has 1 heterocycles. The molecule has 5 rings (SSSR count). The number of aromatic hydroxyl groups is 1. The number of ketones is 2. The predicted molar refractivity (Wildman–Crippen MR) is 142 cm³/mol. The number of phenolic OH excluding ortho intramolecular Hbond substituents is 1. The molecule has 13 heteroatoms. The molecule has 1 aliphatic heterocycles. The van der Waals surface area contributed by atoms with Gasteiger partial charge >= 0.3 is 0 Å². The van der Waals surface area contributed by atoms with Gasteiger partial charge in [-0.2, -0.15) is 0 Å². The summed E-state index contributed by atoms with van der Waals surface area (Å²) in [5.74, 6) is -7.86. The van der Waals surface area contributed by atoms with Crippen LogP contribution in [0.2, 0.25) is 0 Å². The molecular formula is C27H33N5O8. The van der Waals surface area contributed by atoms with E-state index in [9.17, 15) is 34.8 Å². The van der Waals surface area contributed by atoms with Crippen LogP contribution in [0.1, 0.15) is 48.9 Å². The highest BCUT2D eigenvalue weighted by Gasteiger charge is 2.64. The van der Waals surface area contributed by atoms with E-state index in [1.54, 1.807) is 0 Å². The third-order valence-electron chi connectivity index (χ3n) is 8.76. The van der Waals surface area contributed by atoms with Gasteiger partial charge in [0.05, 0.1) is 12.7 Å². The van der Waals surface area contributed by atoms with E-state index >= 15 is 0 Å². The number of likely N-dealkylation sites (tertiary alicyclic amines) is 1. The number of nitrogens with zero attached hydrogens (tertiary/aromatic N) is 2. The molecule has 10 N–H and O–H groups in total. The van der Waals surface area contributed by atoms with Crippen LogP contribution in [-0.2, 0) is 20.8 Å². The van der Waals surface area contributed by atoms with Crippen LogP contribution in [0.3, 0.4) is 0 Å². The summed E-state index contributed by atoms with van der Waals surface area (Å²) in [7, 11) is 1.49. The topological polar surface area (TPSA) is 235 Å². The first-order valence-corrected chi connectivity index (χ1v) is 13.1. The fourth-order valence-electron chi connectivity index (χ4n) is 7.08. The number of nitrogens with two attached hydrogens (primary N) is 3. The van der Waals surface area contributed by atoms with Gasteiger partial charge in [0, 0.05) is 28.7 Å². The van der Waals surface area contributed by atoms with Gasteiger partial charge in [-0.25, -0.2) is 4.99 Å². The first-order valence-electron chi connectivity index (χ1n) is 13.1. The Hall–Kier alpha value is -4.10. The number of guanidine groups is 1. The summed E-state index contributed by atoms with van der Waals surface area (Å²) in [6.45, 7) is 3.73. The van der Waals surface area contributed by atoms with E-state index in [1.165, 1.54) is 13.2 Å². The lowest BCUT2D eigenvalue weighted by Gasteiger charge is -2.48. The number of primary amides is 1. The van der Waals surface area contributed by atoms with Gasteiger partial charge in [-0.05, 0) is 50.8 Å². The zero-order valence-corrected chi connectivity index (χ0v) is 22.2. The van der Waals surface area contributed by atoms with E-state index in [1.807, 2.05) is 6.92 Å². The molecule has 214 valence electrons. The number of ether oxygens (including phenoxy) is 1. The van der Waals surface area contributed by atoms with Crippen LogP contribution in [0.15, 0.2) is 28.0 Å². The highest BCUT2D eigenvalue weighted by Crippen LogP contribution is 2.55. The lowest BCUT2D eigenvalue weighted by atomic mass is 9.57. The highest BCUT2D eigenvalue weighted by atomic mass is 16.5. The van der Waals surface area contributed by atoms with Gasteiger partial charge in [0.15, 0.2) is 17.3 Å². The second-order valence-electron chi connectivity index (χ2n) is 10.7. The molecule has 4 aliphatic rings. The summed E-state index contributed by atoms with van der Waals surface area (Å²) in [4.78, 5) is 45.3. The maximum Gasteiger partial charge on any atom is 0.255 e.